The second kappa shape index (κ2) is 5.57. The molecular weight excluding hydrogens is 288 g/mol. The molecule has 3 heterocycles. The monoisotopic (exact) mass is 302 g/mol. The maximum absolute atomic E-state index is 12.0. The summed E-state index contributed by atoms with van der Waals surface area (Å²) in [5.41, 5.74) is 3.13. The van der Waals surface area contributed by atoms with Gasteiger partial charge in [0.05, 0.1) is 22.8 Å². The molecule has 0 saturated heterocycles. The largest absolute Gasteiger partial charge is 0.322 e. The van der Waals surface area contributed by atoms with Gasteiger partial charge in [-0.2, -0.15) is 5.10 Å². The molecule has 0 atom stereocenters. The van der Waals surface area contributed by atoms with Gasteiger partial charge in [-0.25, -0.2) is 0 Å². The highest BCUT2D eigenvalue weighted by Crippen LogP contribution is 2.19. The minimum atomic E-state index is -0.0970. The van der Waals surface area contributed by atoms with Gasteiger partial charge in [0, 0.05) is 6.20 Å². The second-order valence-electron chi connectivity index (χ2n) is 4.56. The lowest BCUT2D eigenvalue weighted by Crippen LogP contribution is -2.15. The first kappa shape index (κ1) is 13.6. The average Bonchev–Trinajstić information content (AvgIpc) is 3.03. The summed E-state index contributed by atoms with van der Waals surface area (Å²) in [6, 6.07) is 5.67. The topological polar surface area (TPSA) is 88.0 Å². The number of aromatic nitrogens is 5. The van der Waals surface area contributed by atoms with Gasteiger partial charge in [0.1, 0.15) is 0 Å². The van der Waals surface area contributed by atoms with Crippen LogP contribution in [0.5, 0.6) is 0 Å². The minimum Gasteiger partial charge on any atom is -0.322 e. The molecule has 0 bridgehead atoms. The Bertz CT molecular complexity index is 773. The van der Waals surface area contributed by atoms with Crippen LogP contribution in [0.4, 0.5) is 5.69 Å². The van der Waals surface area contributed by atoms with Crippen LogP contribution < -0.4 is 5.32 Å². The van der Waals surface area contributed by atoms with Gasteiger partial charge in [-0.1, -0.05) is 17.8 Å². The lowest BCUT2D eigenvalue weighted by Gasteiger charge is -2.04. The molecule has 3 aromatic heterocycles. The zero-order chi connectivity index (χ0) is 14.8. The van der Waals surface area contributed by atoms with E-state index in [1.165, 1.54) is 11.8 Å². The van der Waals surface area contributed by atoms with Crippen LogP contribution in [0.2, 0.25) is 0 Å². The third-order valence-corrected chi connectivity index (χ3v) is 3.95. The lowest BCUT2D eigenvalue weighted by molar-refractivity contribution is -0.113. The predicted octanol–water partition coefficient (Wildman–Crippen LogP) is 1.80. The zero-order valence-electron chi connectivity index (χ0n) is 11.6. The minimum absolute atomic E-state index is 0.0970. The number of aryl methyl sites for hydroxylation is 2. The van der Waals surface area contributed by atoms with Crippen molar-refractivity contribution in [2.75, 3.05) is 11.1 Å². The highest BCUT2D eigenvalue weighted by atomic mass is 32.2. The Morgan fingerprint density at radius 2 is 2.24 bits per heavy atom. The quantitative estimate of drug-likeness (QED) is 0.717. The fourth-order valence-electron chi connectivity index (χ4n) is 1.96. The first-order valence-electron chi connectivity index (χ1n) is 6.39. The normalized spacial score (nSPS) is 11.0. The van der Waals surface area contributed by atoms with Gasteiger partial charge in [0.15, 0.2) is 10.8 Å². The molecule has 0 aliphatic carbocycles. The van der Waals surface area contributed by atoms with Gasteiger partial charge in [-0.05, 0) is 26.0 Å². The maximum Gasteiger partial charge on any atom is 0.234 e. The highest BCUT2D eigenvalue weighted by Gasteiger charge is 2.12. The molecule has 0 fully saturated rings. The fraction of sp³-hybridized carbons (Fsp3) is 0.231. The number of rotatable bonds is 4. The van der Waals surface area contributed by atoms with E-state index in [0.717, 1.165) is 22.7 Å². The standard InChI is InChI=1S/C13H14N6OS/c1-8-12(9(2)16-15-8)14-11(20)7-21-13-18-17-10-5-3-4-6-19(10)13/h3-6H,7H2,1-2H3,(H,14,20)(H,15,16). The average molecular weight is 302 g/mol. The summed E-state index contributed by atoms with van der Waals surface area (Å²) in [4.78, 5) is 12.0. The number of anilines is 1. The van der Waals surface area contributed by atoms with E-state index >= 15 is 0 Å². The van der Waals surface area contributed by atoms with Crippen LogP contribution in [-0.4, -0.2) is 36.5 Å². The fourth-order valence-corrected chi connectivity index (χ4v) is 2.68. The van der Waals surface area contributed by atoms with Crippen LogP contribution >= 0.6 is 11.8 Å². The Balaban J connectivity index is 1.66. The highest BCUT2D eigenvalue weighted by molar-refractivity contribution is 7.99. The maximum atomic E-state index is 12.0. The van der Waals surface area contributed by atoms with E-state index in [9.17, 15) is 4.79 Å². The van der Waals surface area contributed by atoms with Crippen LogP contribution in [0.1, 0.15) is 11.4 Å². The van der Waals surface area contributed by atoms with Gasteiger partial charge < -0.3 is 5.32 Å². The van der Waals surface area contributed by atoms with Gasteiger partial charge in [0.25, 0.3) is 0 Å². The Morgan fingerprint density at radius 1 is 1.38 bits per heavy atom. The predicted molar refractivity (Wildman–Crippen MR) is 80.4 cm³/mol. The van der Waals surface area contributed by atoms with Crippen LogP contribution in [-0.2, 0) is 4.79 Å². The molecule has 0 radical (unpaired) electrons. The molecule has 0 unspecified atom stereocenters. The molecule has 108 valence electrons. The van der Waals surface area contributed by atoms with Crippen molar-refractivity contribution in [3.63, 3.8) is 0 Å². The number of carbonyl (C=O) groups excluding carboxylic acids is 1. The number of pyridine rings is 1. The molecule has 7 nitrogen and oxygen atoms in total. The van der Waals surface area contributed by atoms with E-state index in [2.05, 4.69) is 25.7 Å². The van der Waals surface area contributed by atoms with E-state index in [-0.39, 0.29) is 11.7 Å². The van der Waals surface area contributed by atoms with Crippen LogP contribution in [0, 0.1) is 13.8 Å². The molecule has 1 amide bonds. The number of aromatic amines is 1. The van der Waals surface area contributed by atoms with Gasteiger partial charge in [-0.3, -0.25) is 14.3 Å². The van der Waals surface area contributed by atoms with E-state index < -0.39 is 0 Å². The first-order valence-corrected chi connectivity index (χ1v) is 7.37. The van der Waals surface area contributed by atoms with Gasteiger partial charge in [0.2, 0.25) is 5.91 Å². The molecule has 0 saturated carbocycles. The van der Waals surface area contributed by atoms with Gasteiger partial charge in [-0.15, -0.1) is 10.2 Å². The van der Waals surface area contributed by atoms with Crippen molar-refractivity contribution >= 4 is 29.0 Å². The number of amides is 1. The number of nitrogens with one attached hydrogen (secondary N) is 2. The first-order chi connectivity index (χ1) is 10.1. The van der Waals surface area contributed by atoms with E-state index in [1.807, 2.05) is 42.6 Å². The van der Waals surface area contributed by atoms with E-state index in [0.29, 0.717) is 5.16 Å². The summed E-state index contributed by atoms with van der Waals surface area (Å²) >= 11 is 1.34. The van der Waals surface area contributed by atoms with E-state index in [1.54, 1.807) is 0 Å². The molecule has 0 aliphatic rings. The Labute approximate surface area is 125 Å². The van der Waals surface area contributed by atoms with Crippen molar-refractivity contribution in [2.24, 2.45) is 0 Å². The van der Waals surface area contributed by atoms with E-state index in [4.69, 9.17) is 0 Å². The molecular formula is C13H14N6OS. The van der Waals surface area contributed by atoms with Crippen molar-refractivity contribution in [3.8, 4) is 0 Å². The number of hydrogen-bond donors (Lipinski definition) is 2. The molecule has 0 aliphatic heterocycles. The lowest BCUT2D eigenvalue weighted by atomic mass is 10.3. The third kappa shape index (κ3) is 2.75. The number of fused-ring (bicyclic) bond motifs is 1. The Hall–Kier alpha value is -2.35. The molecule has 2 N–H and O–H groups in total. The van der Waals surface area contributed by atoms with Crippen molar-refractivity contribution in [3.05, 3.63) is 35.8 Å². The van der Waals surface area contributed by atoms with Crippen molar-refractivity contribution < 1.29 is 4.79 Å². The van der Waals surface area contributed by atoms with Crippen molar-refractivity contribution in [1.82, 2.24) is 24.8 Å². The summed E-state index contributed by atoms with van der Waals surface area (Å²) in [7, 11) is 0. The molecule has 21 heavy (non-hydrogen) atoms. The molecule has 0 aromatic carbocycles. The number of H-pyrrole nitrogens is 1. The SMILES string of the molecule is Cc1n[nH]c(C)c1NC(=O)CSc1nnc2ccccn12. The Kier molecular flexibility index (Phi) is 3.61. The van der Waals surface area contributed by atoms with Gasteiger partial charge >= 0.3 is 0 Å². The number of thioether (sulfide) groups is 1. The summed E-state index contributed by atoms with van der Waals surface area (Å²) in [5.74, 6) is 0.167. The van der Waals surface area contributed by atoms with Crippen LogP contribution in [0.15, 0.2) is 29.6 Å². The summed E-state index contributed by atoms with van der Waals surface area (Å²) in [5, 5.41) is 18.6. The van der Waals surface area contributed by atoms with Crippen LogP contribution in [0.3, 0.4) is 0 Å². The number of hydrogen-bond acceptors (Lipinski definition) is 5. The number of carbonyl (C=O) groups is 1. The summed E-state index contributed by atoms with van der Waals surface area (Å²) < 4.78 is 1.85. The zero-order valence-corrected chi connectivity index (χ0v) is 12.4. The summed E-state index contributed by atoms with van der Waals surface area (Å²) in [6.45, 7) is 3.72. The van der Waals surface area contributed by atoms with Crippen molar-refractivity contribution in [1.29, 1.82) is 0 Å². The molecule has 0 spiro atoms. The molecule has 3 aromatic rings. The third-order valence-electron chi connectivity index (χ3n) is 3.01. The molecule has 8 heteroatoms. The number of nitrogens with zero attached hydrogens (tertiary/aromatic N) is 4. The summed E-state index contributed by atoms with van der Waals surface area (Å²) in [6.07, 6.45) is 1.87. The smallest absolute Gasteiger partial charge is 0.234 e. The van der Waals surface area contributed by atoms with Crippen LogP contribution in [0.25, 0.3) is 5.65 Å². The van der Waals surface area contributed by atoms with Crippen molar-refractivity contribution in [2.45, 2.75) is 19.0 Å². The molecule has 3 rings (SSSR count). The second-order valence-corrected chi connectivity index (χ2v) is 5.50. The Morgan fingerprint density at radius 3 is 3.00 bits per heavy atom.